The van der Waals surface area contributed by atoms with Gasteiger partial charge in [-0.2, -0.15) is 0 Å². The predicted octanol–water partition coefficient (Wildman–Crippen LogP) is 3.55. The summed E-state index contributed by atoms with van der Waals surface area (Å²) in [6, 6.07) is 7.86. The first kappa shape index (κ1) is 12.5. The van der Waals surface area contributed by atoms with E-state index < -0.39 is 0 Å². The van der Waals surface area contributed by atoms with Gasteiger partial charge in [-0.15, -0.1) is 11.8 Å². The highest BCUT2D eigenvalue weighted by Gasteiger charge is 2.22. The summed E-state index contributed by atoms with van der Waals surface area (Å²) in [6.07, 6.45) is 4.61. The molecule has 0 aliphatic heterocycles. The highest BCUT2D eigenvalue weighted by Crippen LogP contribution is 2.31. The Morgan fingerprint density at radius 1 is 1.35 bits per heavy atom. The van der Waals surface area contributed by atoms with E-state index in [0.29, 0.717) is 17.5 Å². The lowest BCUT2D eigenvalue weighted by atomic mass is 10.0. The maximum Gasteiger partial charge on any atom is 0.146 e. The number of methoxy groups -OCH3 is 1. The molecule has 1 aromatic rings. The Balaban J connectivity index is 1.90. The van der Waals surface area contributed by atoms with Gasteiger partial charge in [0.25, 0.3) is 0 Å². The van der Waals surface area contributed by atoms with Gasteiger partial charge in [0.05, 0.1) is 12.9 Å². The monoisotopic (exact) mass is 250 g/mol. The number of rotatable bonds is 5. The topological polar surface area (TPSA) is 26.3 Å². The molecule has 92 valence electrons. The van der Waals surface area contributed by atoms with E-state index in [1.54, 1.807) is 18.9 Å². The third-order valence-corrected chi connectivity index (χ3v) is 4.33. The first-order chi connectivity index (χ1) is 8.31. The van der Waals surface area contributed by atoms with E-state index in [2.05, 4.69) is 0 Å². The van der Waals surface area contributed by atoms with Gasteiger partial charge < -0.3 is 4.74 Å². The van der Waals surface area contributed by atoms with E-state index >= 15 is 0 Å². The van der Waals surface area contributed by atoms with Crippen molar-refractivity contribution in [2.75, 3.05) is 12.9 Å². The second-order valence-corrected chi connectivity index (χ2v) is 5.40. The average Bonchev–Trinajstić information content (AvgIpc) is 2.90. The Morgan fingerprint density at radius 2 is 2.06 bits per heavy atom. The van der Waals surface area contributed by atoms with Crippen LogP contribution >= 0.6 is 11.8 Å². The Morgan fingerprint density at radius 3 is 2.76 bits per heavy atom. The molecule has 0 heterocycles. The van der Waals surface area contributed by atoms with Crippen molar-refractivity contribution in [3.05, 3.63) is 24.3 Å². The van der Waals surface area contributed by atoms with Crippen LogP contribution in [0.15, 0.2) is 29.2 Å². The smallest absolute Gasteiger partial charge is 0.146 e. The molecular weight excluding hydrogens is 232 g/mol. The number of para-hydroxylation sites is 1. The normalized spacial score (nSPS) is 16.1. The van der Waals surface area contributed by atoms with E-state index in [9.17, 15) is 4.79 Å². The van der Waals surface area contributed by atoms with Gasteiger partial charge in [-0.1, -0.05) is 25.0 Å². The van der Waals surface area contributed by atoms with Crippen LogP contribution in [0.5, 0.6) is 5.75 Å². The molecule has 0 radical (unpaired) electrons. The lowest BCUT2D eigenvalue weighted by molar-refractivity contribution is -0.120. The lowest BCUT2D eigenvalue weighted by Crippen LogP contribution is -2.12. The van der Waals surface area contributed by atoms with Gasteiger partial charge in [0.15, 0.2) is 0 Å². The van der Waals surface area contributed by atoms with Crippen LogP contribution in [0.25, 0.3) is 0 Å². The minimum absolute atomic E-state index is 0.317. The van der Waals surface area contributed by atoms with Gasteiger partial charge in [0, 0.05) is 10.8 Å². The molecule has 1 saturated carbocycles. The quantitative estimate of drug-likeness (QED) is 0.748. The average molecular weight is 250 g/mol. The molecule has 0 spiro atoms. The molecule has 2 nitrogen and oxygen atoms in total. The van der Waals surface area contributed by atoms with Gasteiger partial charge in [-0.3, -0.25) is 4.79 Å². The highest BCUT2D eigenvalue weighted by atomic mass is 32.2. The minimum Gasteiger partial charge on any atom is -0.496 e. The largest absolute Gasteiger partial charge is 0.496 e. The van der Waals surface area contributed by atoms with Crippen molar-refractivity contribution in [2.24, 2.45) is 5.92 Å². The molecule has 1 aliphatic carbocycles. The molecule has 1 fully saturated rings. The van der Waals surface area contributed by atoms with Crippen molar-refractivity contribution in [3.63, 3.8) is 0 Å². The van der Waals surface area contributed by atoms with Gasteiger partial charge in [0.1, 0.15) is 11.5 Å². The zero-order valence-corrected chi connectivity index (χ0v) is 11.0. The number of carbonyl (C=O) groups is 1. The Bertz CT molecular complexity index is 384. The van der Waals surface area contributed by atoms with Crippen molar-refractivity contribution in [1.29, 1.82) is 0 Å². The van der Waals surface area contributed by atoms with Crippen LogP contribution in [0.2, 0.25) is 0 Å². The van der Waals surface area contributed by atoms with Crippen molar-refractivity contribution >= 4 is 17.5 Å². The zero-order valence-electron chi connectivity index (χ0n) is 10.1. The number of Topliss-reactive ketones (excluding diaryl/α,β-unsaturated/α-hetero) is 1. The van der Waals surface area contributed by atoms with Gasteiger partial charge >= 0.3 is 0 Å². The molecule has 0 saturated heterocycles. The number of hydrogen-bond donors (Lipinski definition) is 0. The van der Waals surface area contributed by atoms with Crippen LogP contribution < -0.4 is 4.74 Å². The molecule has 1 aliphatic rings. The summed E-state index contributed by atoms with van der Waals surface area (Å²) in [5, 5.41) is 0. The summed E-state index contributed by atoms with van der Waals surface area (Å²) < 4.78 is 5.27. The summed E-state index contributed by atoms with van der Waals surface area (Å²) in [5.74, 6) is 2.15. The molecule has 0 unspecified atom stereocenters. The molecule has 3 heteroatoms. The Kier molecular flexibility index (Phi) is 4.49. The summed E-state index contributed by atoms with van der Waals surface area (Å²) in [5.41, 5.74) is 0. The van der Waals surface area contributed by atoms with E-state index in [1.165, 1.54) is 12.8 Å². The molecule has 2 rings (SSSR count). The number of carbonyl (C=O) groups excluding carboxylic acids is 1. The second kappa shape index (κ2) is 6.10. The minimum atomic E-state index is 0.317. The maximum atomic E-state index is 12.0. The van der Waals surface area contributed by atoms with Crippen LogP contribution in [0, 0.1) is 5.92 Å². The highest BCUT2D eigenvalue weighted by molar-refractivity contribution is 8.00. The van der Waals surface area contributed by atoms with E-state index in [4.69, 9.17) is 4.74 Å². The maximum absolute atomic E-state index is 12.0. The van der Waals surface area contributed by atoms with Crippen LogP contribution in [-0.4, -0.2) is 18.6 Å². The fourth-order valence-corrected chi connectivity index (χ4v) is 3.25. The van der Waals surface area contributed by atoms with Crippen LogP contribution in [-0.2, 0) is 4.79 Å². The SMILES string of the molecule is COc1ccccc1SCC(=O)C1CCCC1. The standard InChI is InChI=1S/C14H18O2S/c1-16-13-8-4-5-9-14(13)17-10-12(15)11-6-2-3-7-11/h4-5,8-9,11H,2-3,6-7,10H2,1H3. The summed E-state index contributed by atoms with van der Waals surface area (Å²) >= 11 is 1.59. The summed E-state index contributed by atoms with van der Waals surface area (Å²) in [7, 11) is 1.66. The van der Waals surface area contributed by atoms with E-state index in [1.807, 2.05) is 24.3 Å². The van der Waals surface area contributed by atoms with Crippen molar-refractivity contribution in [2.45, 2.75) is 30.6 Å². The van der Waals surface area contributed by atoms with E-state index in [-0.39, 0.29) is 0 Å². The Hall–Kier alpha value is -0.960. The third-order valence-electron chi connectivity index (χ3n) is 3.25. The number of thioether (sulfide) groups is 1. The van der Waals surface area contributed by atoms with Crippen molar-refractivity contribution < 1.29 is 9.53 Å². The molecule has 0 amide bonds. The molecule has 1 aromatic carbocycles. The Labute approximate surface area is 107 Å². The third kappa shape index (κ3) is 3.25. The second-order valence-electron chi connectivity index (χ2n) is 4.39. The fraction of sp³-hybridized carbons (Fsp3) is 0.500. The summed E-state index contributed by atoms with van der Waals surface area (Å²) in [6.45, 7) is 0. The number of benzene rings is 1. The van der Waals surface area contributed by atoms with Crippen LogP contribution in [0.3, 0.4) is 0 Å². The van der Waals surface area contributed by atoms with Gasteiger partial charge in [0.2, 0.25) is 0 Å². The predicted molar refractivity (Wildman–Crippen MR) is 70.7 cm³/mol. The van der Waals surface area contributed by atoms with E-state index in [0.717, 1.165) is 23.5 Å². The first-order valence-electron chi connectivity index (χ1n) is 6.10. The first-order valence-corrected chi connectivity index (χ1v) is 7.08. The molecule has 0 atom stereocenters. The number of hydrogen-bond acceptors (Lipinski definition) is 3. The number of ketones is 1. The molecular formula is C14H18O2S. The molecule has 0 bridgehead atoms. The van der Waals surface area contributed by atoms with Gasteiger partial charge in [-0.05, 0) is 25.0 Å². The van der Waals surface area contributed by atoms with Crippen LogP contribution in [0.1, 0.15) is 25.7 Å². The van der Waals surface area contributed by atoms with Crippen LogP contribution in [0.4, 0.5) is 0 Å². The van der Waals surface area contributed by atoms with Gasteiger partial charge in [-0.25, -0.2) is 0 Å². The zero-order chi connectivity index (χ0) is 12.1. The molecule has 0 aromatic heterocycles. The number of ether oxygens (including phenoxy) is 1. The summed E-state index contributed by atoms with van der Waals surface area (Å²) in [4.78, 5) is 13.0. The molecule has 17 heavy (non-hydrogen) atoms. The van der Waals surface area contributed by atoms with Crippen molar-refractivity contribution in [1.82, 2.24) is 0 Å². The molecule has 0 N–H and O–H groups in total. The van der Waals surface area contributed by atoms with Crippen molar-refractivity contribution in [3.8, 4) is 5.75 Å². The fourth-order valence-electron chi connectivity index (χ4n) is 2.25. The lowest BCUT2D eigenvalue weighted by Gasteiger charge is -2.09.